The van der Waals surface area contributed by atoms with Gasteiger partial charge < -0.3 is 20.7 Å². The van der Waals surface area contributed by atoms with Crippen molar-refractivity contribution in [2.45, 2.75) is 57.0 Å². The van der Waals surface area contributed by atoms with Gasteiger partial charge >= 0.3 is 0 Å². The third-order valence-electron chi connectivity index (χ3n) is 6.65. The molecular formula is C26H33N3O3. The standard InChI is InChI=1S/C26H33N3O3/c27-18-24(30)28-25(19-9-3-1-4-10-19)26(31)29-16-8-15-23(29)20-11-7-14-22(17-20)32-21-12-5-2-6-13-21/h2,5-7,11-14,17,19,23,25H,1,3-4,8-10,15-16,18,27H2,(H,28,30)/t23-,25-/m0/s1. The lowest BCUT2D eigenvalue weighted by Crippen LogP contribution is -2.53. The first-order valence-electron chi connectivity index (χ1n) is 11.8. The zero-order valence-electron chi connectivity index (χ0n) is 18.5. The van der Waals surface area contributed by atoms with E-state index in [1.54, 1.807) is 0 Å². The number of amides is 2. The molecule has 2 fully saturated rings. The van der Waals surface area contributed by atoms with E-state index in [-0.39, 0.29) is 30.3 Å². The number of hydrogen-bond donors (Lipinski definition) is 2. The van der Waals surface area contributed by atoms with E-state index in [9.17, 15) is 9.59 Å². The van der Waals surface area contributed by atoms with E-state index in [1.807, 2.05) is 53.4 Å². The average Bonchev–Trinajstić information content (AvgIpc) is 3.33. The number of ether oxygens (including phenoxy) is 1. The highest BCUT2D eigenvalue weighted by atomic mass is 16.5. The second kappa shape index (κ2) is 10.6. The van der Waals surface area contributed by atoms with E-state index >= 15 is 0 Å². The van der Waals surface area contributed by atoms with Crippen molar-refractivity contribution in [3.05, 3.63) is 60.2 Å². The molecule has 2 aromatic carbocycles. The Morgan fingerprint density at radius 3 is 2.47 bits per heavy atom. The number of nitrogens with one attached hydrogen (secondary N) is 1. The fraction of sp³-hybridized carbons (Fsp3) is 0.462. The van der Waals surface area contributed by atoms with Gasteiger partial charge in [-0.25, -0.2) is 0 Å². The number of nitrogens with zero attached hydrogens (tertiary/aromatic N) is 1. The fourth-order valence-electron chi connectivity index (χ4n) is 5.05. The number of benzene rings is 2. The maximum absolute atomic E-state index is 13.7. The van der Waals surface area contributed by atoms with Gasteiger partial charge in [-0.2, -0.15) is 0 Å². The smallest absolute Gasteiger partial charge is 0.245 e. The first-order chi connectivity index (χ1) is 15.7. The van der Waals surface area contributed by atoms with Crippen molar-refractivity contribution in [1.82, 2.24) is 10.2 Å². The second-order valence-electron chi connectivity index (χ2n) is 8.82. The molecule has 2 aliphatic rings. The molecule has 4 rings (SSSR count). The van der Waals surface area contributed by atoms with Crippen LogP contribution in [0.3, 0.4) is 0 Å². The highest BCUT2D eigenvalue weighted by Crippen LogP contribution is 2.36. The number of para-hydroxylation sites is 1. The largest absolute Gasteiger partial charge is 0.457 e. The number of nitrogens with two attached hydrogens (primary N) is 1. The number of hydrogen-bond acceptors (Lipinski definition) is 4. The predicted molar refractivity (Wildman–Crippen MR) is 124 cm³/mol. The Hall–Kier alpha value is -2.86. The molecule has 1 saturated carbocycles. The summed E-state index contributed by atoms with van der Waals surface area (Å²) in [6, 6.07) is 17.2. The zero-order chi connectivity index (χ0) is 22.3. The molecule has 0 radical (unpaired) electrons. The zero-order valence-corrected chi connectivity index (χ0v) is 18.5. The Labute approximate surface area is 190 Å². The number of carbonyl (C=O) groups is 2. The molecule has 6 heteroatoms. The van der Waals surface area contributed by atoms with Crippen molar-refractivity contribution in [3.63, 3.8) is 0 Å². The molecule has 6 nitrogen and oxygen atoms in total. The first-order valence-corrected chi connectivity index (χ1v) is 11.8. The van der Waals surface area contributed by atoms with Crippen molar-refractivity contribution in [3.8, 4) is 11.5 Å². The molecule has 0 bridgehead atoms. The van der Waals surface area contributed by atoms with Crippen LogP contribution in [0.1, 0.15) is 56.6 Å². The van der Waals surface area contributed by atoms with Gasteiger partial charge in [0.15, 0.2) is 0 Å². The maximum atomic E-state index is 13.7. The highest BCUT2D eigenvalue weighted by molar-refractivity contribution is 5.89. The Kier molecular flexibility index (Phi) is 7.43. The van der Waals surface area contributed by atoms with Gasteiger partial charge in [-0.3, -0.25) is 9.59 Å². The van der Waals surface area contributed by atoms with Gasteiger partial charge in [0.25, 0.3) is 0 Å². The van der Waals surface area contributed by atoms with Gasteiger partial charge in [-0.15, -0.1) is 0 Å². The molecule has 2 aromatic rings. The van der Waals surface area contributed by atoms with Crippen LogP contribution in [0.4, 0.5) is 0 Å². The molecule has 1 aliphatic heterocycles. The normalized spacial score (nSPS) is 20.0. The van der Waals surface area contributed by atoms with Crippen LogP contribution in [0.25, 0.3) is 0 Å². The van der Waals surface area contributed by atoms with Gasteiger partial charge in [0.2, 0.25) is 11.8 Å². The lowest BCUT2D eigenvalue weighted by atomic mass is 9.83. The average molecular weight is 436 g/mol. The van der Waals surface area contributed by atoms with Crippen LogP contribution in [0.5, 0.6) is 11.5 Å². The Morgan fingerprint density at radius 1 is 0.969 bits per heavy atom. The molecule has 2 amide bonds. The summed E-state index contributed by atoms with van der Waals surface area (Å²) in [4.78, 5) is 27.8. The Morgan fingerprint density at radius 2 is 1.72 bits per heavy atom. The van der Waals surface area contributed by atoms with Gasteiger partial charge in [-0.05, 0) is 61.4 Å². The van der Waals surface area contributed by atoms with Crippen LogP contribution in [0, 0.1) is 5.92 Å². The monoisotopic (exact) mass is 435 g/mol. The number of carbonyl (C=O) groups excluding carboxylic acids is 2. The fourth-order valence-corrected chi connectivity index (χ4v) is 5.05. The summed E-state index contributed by atoms with van der Waals surface area (Å²) in [7, 11) is 0. The third-order valence-corrected chi connectivity index (χ3v) is 6.65. The lowest BCUT2D eigenvalue weighted by molar-refractivity contribution is -0.139. The third kappa shape index (κ3) is 5.30. The number of rotatable bonds is 7. The molecule has 2 atom stereocenters. The van der Waals surface area contributed by atoms with Gasteiger partial charge in [0.1, 0.15) is 17.5 Å². The molecule has 1 heterocycles. The summed E-state index contributed by atoms with van der Waals surface area (Å²) >= 11 is 0. The van der Waals surface area contributed by atoms with Crippen molar-refractivity contribution in [2.24, 2.45) is 11.7 Å². The van der Waals surface area contributed by atoms with Crippen LogP contribution in [0.2, 0.25) is 0 Å². The highest BCUT2D eigenvalue weighted by Gasteiger charge is 2.38. The van der Waals surface area contributed by atoms with Crippen LogP contribution < -0.4 is 15.8 Å². The van der Waals surface area contributed by atoms with Gasteiger partial charge in [0.05, 0.1) is 12.6 Å². The van der Waals surface area contributed by atoms with Crippen LogP contribution in [0.15, 0.2) is 54.6 Å². The van der Waals surface area contributed by atoms with Crippen molar-refractivity contribution < 1.29 is 14.3 Å². The maximum Gasteiger partial charge on any atom is 0.245 e. The minimum atomic E-state index is -0.490. The topological polar surface area (TPSA) is 84.7 Å². The van der Waals surface area contributed by atoms with Crippen molar-refractivity contribution in [2.75, 3.05) is 13.1 Å². The van der Waals surface area contributed by atoms with E-state index in [1.165, 1.54) is 6.42 Å². The van der Waals surface area contributed by atoms with Crippen molar-refractivity contribution in [1.29, 1.82) is 0 Å². The summed E-state index contributed by atoms with van der Waals surface area (Å²) in [5, 5.41) is 2.95. The molecule has 1 aliphatic carbocycles. The molecule has 3 N–H and O–H groups in total. The Balaban J connectivity index is 1.53. The van der Waals surface area contributed by atoms with E-state index in [2.05, 4.69) is 11.4 Å². The lowest BCUT2D eigenvalue weighted by Gasteiger charge is -2.35. The molecule has 0 unspecified atom stereocenters. The molecule has 32 heavy (non-hydrogen) atoms. The minimum Gasteiger partial charge on any atom is -0.457 e. The molecule has 1 saturated heterocycles. The second-order valence-corrected chi connectivity index (χ2v) is 8.82. The predicted octanol–water partition coefficient (Wildman–Crippen LogP) is 4.17. The molecule has 0 aromatic heterocycles. The van der Waals surface area contributed by atoms with E-state index in [0.29, 0.717) is 6.54 Å². The minimum absolute atomic E-state index is 0.0114. The molecule has 0 spiro atoms. The van der Waals surface area contributed by atoms with Crippen LogP contribution in [-0.2, 0) is 9.59 Å². The quantitative estimate of drug-likeness (QED) is 0.684. The van der Waals surface area contributed by atoms with E-state index in [4.69, 9.17) is 10.5 Å². The van der Waals surface area contributed by atoms with Crippen LogP contribution in [-0.4, -0.2) is 35.8 Å². The summed E-state index contributed by atoms with van der Waals surface area (Å²) in [6.07, 6.45) is 7.21. The molecule has 170 valence electrons. The SMILES string of the molecule is NCC(=O)N[C@H](C(=O)N1CCC[C@H]1c1cccc(Oc2ccccc2)c1)C1CCCCC1. The Bertz CT molecular complexity index is 912. The number of likely N-dealkylation sites (tertiary alicyclic amines) is 1. The summed E-state index contributed by atoms with van der Waals surface area (Å²) < 4.78 is 6.01. The van der Waals surface area contributed by atoms with Gasteiger partial charge in [-0.1, -0.05) is 49.6 Å². The summed E-state index contributed by atoms with van der Waals surface area (Å²) in [6.45, 7) is 0.605. The van der Waals surface area contributed by atoms with E-state index in [0.717, 1.165) is 55.6 Å². The molecular weight excluding hydrogens is 402 g/mol. The first kappa shape index (κ1) is 22.3. The summed E-state index contributed by atoms with van der Waals surface area (Å²) in [5.74, 6) is 1.48. The van der Waals surface area contributed by atoms with E-state index < -0.39 is 6.04 Å². The van der Waals surface area contributed by atoms with Gasteiger partial charge in [0, 0.05) is 6.54 Å². The van der Waals surface area contributed by atoms with Crippen LogP contribution >= 0.6 is 0 Å². The summed E-state index contributed by atoms with van der Waals surface area (Å²) in [5.41, 5.74) is 6.62. The van der Waals surface area contributed by atoms with Crippen molar-refractivity contribution >= 4 is 11.8 Å².